The van der Waals surface area contributed by atoms with E-state index in [0.717, 1.165) is 17.0 Å². The molecule has 0 aliphatic heterocycles. The van der Waals surface area contributed by atoms with Gasteiger partial charge in [-0.15, -0.1) is 0 Å². The van der Waals surface area contributed by atoms with Crippen molar-refractivity contribution in [1.29, 1.82) is 0 Å². The third-order valence-electron chi connectivity index (χ3n) is 2.09. The SMILES string of the molecule is Cc1cc(-c2cccc(F)c2)nc(C)n1. The fraction of sp³-hybridized carbons (Fsp3) is 0.167. The van der Waals surface area contributed by atoms with Gasteiger partial charge in [-0.1, -0.05) is 12.1 Å². The number of aryl methyl sites for hydroxylation is 2. The van der Waals surface area contributed by atoms with Gasteiger partial charge in [-0.05, 0) is 32.0 Å². The second-order valence-electron chi connectivity index (χ2n) is 3.45. The molecule has 0 aliphatic rings. The van der Waals surface area contributed by atoms with E-state index in [1.165, 1.54) is 12.1 Å². The summed E-state index contributed by atoms with van der Waals surface area (Å²) in [6.07, 6.45) is 0. The van der Waals surface area contributed by atoms with Crippen molar-refractivity contribution in [3.05, 3.63) is 47.7 Å². The van der Waals surface area contributed by atoms with Gasteiger partial charge in [0.15, 0.2) is 0 Å². The summed E-state index contributed by atoms with van der Waals surface area (Å²) in [4.78, 5) is 8.44. The summed E-state index contributed by atoms with van der Waals surface area (Å²) in [6.45, 7) is 3.73. The Morgan fingerprint density at radius 1 is 1.07 bits per heavy atom. The van der Waals surface area contributed by atoms with E-state index in [2.05, 4.69) is 9.97 Å². The molecule has 0 saturated heterocycles. The Kier molecular flexibility index (Phi) is 2.46. The van der Waals surface area contributed by atoms with Crippen molar-refractivity contribution in [1.82, 2.24) is 9.97 Å². The highest BCUT2D eigenvalue weighted by molar-refractivity contribution is 5.59. The lowest BCUT2D eigenvalue weighted by Gasteiger charge is -2.03. The van der Waals surface area contributed by atoms with Crippen molar-refractivity contribution in [2.45, 2.75) is 13.8 Å². The first kappa shape index (κ1) is 9.77. The topological polar surface area (TPSA) is 25.8 Å². The predicted molar refractivity (Wildman–Crippen MR) is 56.9 cm³/mol. The van der Waals surface area contributed by atoms with E-state index >= 15 is 0 Å². The molecule has 0 amide bonds. The van der Waals surface area contributed by atoms with Crippen LogP contribution in [0.15, 0.2) is 30.3 Å². The molecule has 0 radical (unpaired) electrons. The number of hydrogen-bond donors (Lipinski definition) is 0. The summed E-state index contributed by atoms with van der Waals surface area (Å²) >= 11 is 0. The maximum absolute atomic E-state index is 13.0. The van der Waals surface area contributed by atoms with Crippen LogP contribution in [-0.2, 0) is 0 Å². The number of benzene rings is 1. The Labute approximate surface area is 87.8 Å². The Morgan fingerprint density at radius 2 is 1.87 bits per heavy atom. The van der Waals surface area contributed by atoms with Crippen LogP contribution in [0.2, 0.25) is 0 Å². The van der Waals surface area contributed by atoms with Gasteiger partial charge >= 0.3 is 0 Å². The van der Waals surface area contributed by atoms with Crippen LogP contribution in [0.5, 0.6) is 0 Å². The molecule has 1 aromatic heterocycles. The quantitative estimate of drug-likeness (QED) is 0.710. The van der Waals surface area contributed by atoms with Crippen molar-refractivity contribution in [3.63, 3.8) is 0 Å². The molecule has 0 unspecified atom stereocenters. The van der Waals surface area contributed by atoms with E-state index in [4.69, 9.17) is 0 Å². The second kappa shape index (κ2) is 3.77. The lowest BCUT2D eigenvalue weighted by molar-refractivity contribution is 0.628. The van der Waals surface area contributed by atoms with E-state index in [-0.39, 0.29) is 5.82 Å². The van der Waals surface area contributed by atoms with Crippen LogP contribution >= 0.6 is 0 Å². The van der Waals surface area contributed by atoms with Crippen LogP contribution < -0.4 is 0 Å². The standard InChI is InChI=1S/C12H11FN2/c1-8-6-12(15-9(2)14-8)10-4-3-5-11(13)7-10/h3-7H,1-2H3. The van der Waals surface area contributed by atoms with Crippen LogP contribution in [0.1, 0.15) is 11.5 Å². The zero-order valence-electron chi connectivity index (χ0n) is 8.66. The largest absolute Gasteiger partial charge is 0.239 e. The molecule has 2 aromatic rings. The highest BCUT2D eigenvalue weighted by atomic mass is 19.1. The van der Waals surface area contributed by atoms with Crippen molar-refractivity contribution in [3.8, 4) is 11.3 Å². The number of halogens is 1. The maximum Gasteiger partial charge on any atom is 0.126 e. The molecule has 1 aromatic carbocycles. The van der Waals surface area contributed by atoms with E-state index < -0.39 is 0 Å². The number of rotatable bonds is 1. The van der Waals surface area contributed by atoms with Gasteiger partial charge in [0.05, 0.1) is 5.69 Å². The second-order valence-corrected chi connectivity index (χ2v) is 3.45. The fourth-order valence-corrected chi connectivity index (χ4v) is 1.51. The van der Waals surface area contributed by atoms with Gasteiger partial charge in [0, 0.05) is 11.3 Å². The van der Waals surface area contributed by atoms with Crippen LogP contribution in [0.3, 0.4) is 0 Å². The summed E-state index contributed by atoms with van der Waals surface area (Å²) in [5, 5.41) is 0. The first-order chi connectivity index (χ1) is 7.15. The summed E-state index contributed by atoms with van der Waals surface area (Å²) < 4.78 is 13.0. The van der Waals surface area contributed by atoms with E-state index in [0.29, 0.717) is 5.82 Å². The zero-order valence-corrected chi connectivity index (χ0v) is 8.66. The monoisotopic (exact) mass is 202 g/mol. The highest BCUT2D eigenvalue weighted by Gasteiger charge is 2.02. The number of nitrogens with zero attached hydrogens (tertiary/aromatic N) is 2. The predicted octanol–water partition coefficient (Wildman–Crippen LogP) is 2.90. The molecule has 3 heteroatoms. The smallest absolute Gasteiger partial charge is 0.126 e. The molecule has 15 heavy (non-hydrogen) atoms. The third kappa shape index (κ3) is 2.18. The number of hydrogen-bond acceptors (Lipinski definition) is 2. The van der Waals surface area contributed by atoms with Gasteiger partial charge in [-0.3, -0.25) is 0 Å². The van der Waals surface area contributed by atoms with E-state index in [1.807, 2.05) is 26.0 Å². The lowest BCUT2D eigenvalue weighted by Crippen LogP contribution is -1.93. The van der Waals surface area contributed by atoms with Crippen LogP contribution in [-0.4, -0.2) is 9.97 Å². The van der Waals surface area contributed by atoms with Gasteiger partial charge in [-0.25, -0.2) is 14.4 Å². The van der Waals surface area contributed by atoms with Crippen molar-refractivity contribution in [2.24, 2.45) is 0 Å². The molecule has 0 atom stereocenters. The minimum absolute atomic E-state index is 0.249. The lowest BCUT2D eigenvalue weighted by atomic mass is 10.1. The molecular weight excluding hydrogens is 191 g/mol. The molecule has 0 N–H and O–H groups in total. The van der Waals surface area contributed by atoms with E-state index in [1.54, 1.807) is 6.07 Å². The Morgan fingerprint density at radius 3 is 2.53 bits per heavy atom. The van der Waals surface area contributed by atoms with Gasteiger partial charge in [-0.2, -0.15) is 0 Å². The van der Waals surface area contributed by atoms with Gasteiger partial charge in [0.2, 0.25) is 0 Å². The average Bonchev–Trinajstić information content (AvgIpc) is 2.16. The molecule has 2 rings (SSSR count). The minimum Gasteiger partial charge on any atom is -0.239 e. The van der Waals surface area contributed by atoms with Crippen molar-refractivity contribution in [2.75, 3.05) is 0 Å². The first-order valence-corrected chi connectivity index (χ1v) is 4.73. The molecule has 0 aliphatic carbocycles. The average molecular weight is 202 g/mol. The zero-order chi connectivity index (χ0) is 10.8. The van der Waals surface area contributed by atoms with Crippen molar-refractivity contribution < 1.29 is 4.39 Å². The Bertz CT molecular complexity index is 474. The molecule has 2 nitrogen and oxygen atoms in total. The fourth-order valence-electron chi connectivity index (χ4n) is 1.51. The molecule has 0 saturated carbocycles. The van der Waals surface area contributed by atoms with Crippen molar-refractivity contribution >= 4 is 0 Å². The minimum atomic E-state index is -0.249. The first-order valence-electron chi connectivity index (χ1n) is 4.73. The Balaban J connectivity index is 2.54. The van der Waals surface area contributed by atoms with E-state index in [9.17, 15) is 4.39 Å². The molecule has 0 bridgehead atoms. The van der Waals surface area contributed by atoms with Crippen LogP contribution in [0.4, 0.5) is 4.39 Å². The molecule has 1 heterocycles. The van der Waals surface area contributed by atoms with Gasteiger partial charge in [0.25, 0.3) is 0 Å². The third-order valence-corrected chi connectivity index (χ3v) is 2.09. The molecule has 0 fully saturated rings. The molecular formula is C12H11FN2. The van der Waals surface area contributed by atoms with Gasteiger partial charge < -0.3 is 0 Å². The summed E-state index contributed by atoms with van der Waals surface area (Å²) in [6, 6.07) is 8.26. The molecule has 0 spiro atoms. The summed E-state index contributed by atoms with van der Waals surface area (Å²) in [5.41, 5.74) is 2.44. The van der Waals surface area contributed by atoms with Gasteiger partial charge in [0.1, 0.15) is 11.6 Å². The summed E-state index contributed by atoms with van der Waals surface area (Å²) in [5.74, 6) is 0.454. The van der Waals surface area contributed by atoms with Crippen LogP contribution in [0.25, 0.3) is 11.3 Å². The number of aromatic nitrogens is 2. The normalized spacial score (nSPS) is 10.3. The summed E-state index contributed by atoms with van der Waals surface area (Å²) in [7, 11) is 0. The maximum atomic E-state index is 13.0. The molecule has 76 valence electrons. The highest BCUT2D eigenvalue weighted by Crippen LogP contribution is 2.18. The van der Waals surface area contributed by atoms with Crippen LogP contribution in [0, 0.1) is 19.7 Å². The Hall–Kier alpha value is -1.77.